The molecule has 0 saturated carbocycles. The van der Waals surface area contributed by atoms with Crippen molar-refractivity contribution in [2.45, 2.75) is 46.4 Å². The van der Waals surface area contributed by atoms with Crippen LogP contribution in [0, 0.1) is 5.41 Å². The van der Waals surface area contributed by atoms with Crippen LogP contribution in [-0.2, 0) is 17.9 Å². The van der Waals surface area contributed by atoms with Gasteiger partial charge in [0.15, 0.2) is 0 Å². The van der Waals surface area contributed by atoms with Crippen molar-refractivity contribution in [3.8, 4) is 5.75 Å². The van der Waals surface area contributed by atoms with Crippen LogP contribution in [0.4, 0.5) is 0 Å². The summed E-state index contributed by atoms with van der Waals surface area (Å²) in [6, 6.07) is 6.70. The fourth-order valence-electron chi connectivity index (χ4n) is 3.13. The lowest BCUT2D eigenvalue weighted by Crippen LogP contribution is -2.52. The largest absolute Gasteiger partial charge is 0.496 e. The Morgan fingerprint density at radius 2 is 2.14 bits per heavy atom. The molecule has 0 amide bonds. The fourth-order valence-corrected chi connectivity index (χ4v) is 3.13. The van der Waals surface area contributed by atoms with Crippen molar-refractivity contribution in [1.82, 2.24) is 4.90 Å². The van der Waals surface area contributed by atoms with Crippen LogP contribution in [0.25, 0.3) is 0 Å². The van der Waals surface area contributed by atoms with Crippen molar-refractivity contribution < 1.29 is 9.47 Å². The Hall–Kier alpha value is -1.10. The highest BCUT2D eigenvalue weighted by atomic mass is 16.5. The predicted octanol–water partition coefficient (Wildman–Crippen LogP) is 2.79. The summed E-state index contributed by atoms with van der Waals surface area (Å²) >= 11 is 0. The SMILES string of the molecule is CCOCc1cc(CN2CCC(N)C(C)(C)C2)ccc1OC. The molecule has 0 aromatic heterocycles. The van der Waals surface area contributed by atoms with Crippen LogP contribution >= 0.6 is 0 Å². The first-order valence-electron chi connectivity index (χ1n) is 8.17. The molecule has 0 aliphatic carbocycles. The van der Waals surface area contributed by atoms with Gasteiger partial charge in [-0.2, -0.15) is 0 Å². The van der Waals surface area contributed by atoms with Crippen molar-refractivity contribution in [2.24, 2.45) is 11.1 Å². The van der Waals surface area contributed by atoms with E-state index in [1.807, 2.05) is 13.0 Å². The quantitative estimate of drug-likeness (QED) is 0.878. The topological polar surface area (TPSA) is 47.7 Å². The highest BCUT2D eigenvalue weighted by Crippen LogP contribution is 2.29. The molecule has 22 heavy (non-hydrogen) atoms. The molecule has 1 saturated heterocycles. The van der Waals surface area contributed by atoms with Crippen LogP contribution in [0.3, 0.4) is 0 Å². The van der Waals surface area contributed by atoms with E-state index in [9.17, 15) is 0 Å². The summed E-state index contributed by atoms with van der Waals surface area (Å²) in [5.41, 5.74) is 8.83. The van der Waals surface area contributed by atoms with E-state index in [1.54, 1.807) is 7.11 Å². The van der Waals surface area contributed by atoms with E-state index in [-0.39, 0.29) is 5.41 Å². The van der Waals surface area contributed by atoms with Gasteiger partial charge >= 0.3 is 0 Å². The summed E-state index contributed by atoms with van der Waals surface area (Å²) in [4.78, 5) is 2.50. The van der Waals surface area contributed by atoms with Crippen molar-refractivity contribution in [3.05, 3.63) is 29.3 Å². The lowest BCUT2D eigenvalue weighted by Gasteiger charge is -2.42. The van der Waals surface area contributed by atoms with Crippen molar-refractivity contribution in [3.63, 3.8) is 0 Å². The number of likely N-dealkylation sites (tertiary alicyclic amines) is 1. The zero-order chi connectivity index (χ0) is 16.2. The number of ether oxygens (including phenoxy) is 2. The van der Waals surface area contributed by atoms with E-state index in [1.165, 1.54) is 5.56 Å². The van der Waals surface area contributed by atoms with Gasteiger partial charge in [0, 0.05) is 37.8 Å². The van der Waals surface area contributed by atoms with Crippen LogP contribution in [0.15, 0.2) is 18.2 Å². The van der Waals surface area contributed by atoms with Gasteiger partial charge in [-0.25, -0.2) is 0 Å². The average Bonchev–Trinajstić information content (AvgIpc) is 2.49. The highest BCUT2D eigenvalue weighted by molar-refractivity contribution is 5.37. The van der Waals surface area contributed by atoms with Crippen molar-refractivity contribution >= 4 is 0 Å². The van der Waals surface area contributed by atoms with E-state index in [0.717, 1.165) is 37.4 Å². The standard InChI is InChI=1S/C18H30N2O2/c1-5-22-12-15-10-14(6-7-16(15)21-4)11-20-9-8-17(19)18(2,3)13-20/h6-7,10,17H,5,8-9,11-13,19H2,1-4H3. The van der Waals surface area contributed by atoms with Gasteiger partial charge < -0.3 is 15.2 Å². The molecule has 4 heteroatoms. The number of piperidine rings is 1. The second kappa shape index (κ2) is 7.44. The van der Waals surface area contributed by atoms with Crippen LogP contribution < -0.4 is 10.5 Å². The molecule has 1 aromatic carbocycles. The number of methoxy groups -OCH3 is 1. The lowest BCUT2D eigenvalue weighted by molar-refractivity contribution is 0.0897. The second-order valence-corrected chi connectivity index (χ2v) is 6.88. The van der Waals surface area contributed by atoms with Crippen molar-refractivity contribution in [1.29, 1.82) is 0 Å². The van der Waals surface area contributed by atoms with Crippen molar-refractivity contribution in [2.75, 3.05) is 26.8 Å². The van der Waals surface area contributed by atoms with Crippen LogP contribution in [0.2, 0.25) is 0 Å². The Balaban J connectivity index is 2.06. The maximum atomic E-state index is 6.23. The molecule has 1 unspecified atom stereocenters. The van der Waals surface area contributed by atoms with E-state index in [2.05, 4.69) is 30.9 Å². The van der Waals surface area contributed by atoms with Crippen LogP contribution in [-0.4, -0.2) is 37.7 Å². The molecule has 1 atom stereocenters. The van der Waals surface area contributed by atoms with Gasteiger partial charge in [0.05, 0.1) is 13.7 Å². The summed E-state index contributed by atoms with van der Waals surface area (Å²) < 4.78 is 11.0. The number of nitrogens with two attached hydrogens (primary N) is 1. The molecule has 124 valence electrons. The average molecular weight is 306 g/mol. The van der Waals surface area contributed by atoms with E-state index < -0.39 is 0 Å². The van der Waals surface area contributed by atoms with Crippen LogP contribution in [0.1, 0.15) is 38.3 Å². The van der Waals surface area contributed by atoms with Gasteiger partial charge in [0.1, 0.15) is 5.75 Å². The molecule has 1 fully saturated rings. The molecular weight excluding hydrogens is 276 g/mol. The first-order chi connectivity index (χ1) is 10.5. The Kier molecular flexibility index (Phi) is 5.84. The molecule has 0 spiro atoms. The molecular formula is C18H30N2O2. The van der Waals surface area contributed by atoms with Gasteiger partial charge in [-0.05, 0) is 36.5 Å². The minimum atomic E-state index is 0.179. The molecule has 4 nitrogen and oxygen atoms in total. The third kappa shape index (κ3) is 4.22. The third-order valence-electron chi connectivity index (χ3n) is 4.60. The molecule has 0 bridgehead atoms. The van der Waals surface area contributed by atoms with E-state index in [0.29, 0.717) is 19.3 Å². The molecule has 0 radical (unpaired) electrons. The summed E-state index contributed by atoms with van der Waals surface area (Å²) in [6.45, 7) is 10.9. The van der Waals surface area contributed by atoms with Crippen LogP contribution in [0.5, 0.6) is 5.75 Å². The molecule has 1 aliphatic rings. The summed E-state index contributed by atoms with van der Waals surface area (Å²) in [5.74, 6) is 0.901. The Morgan fingerprint density at radius 3 is 2.77 bits per heavy atom. The molecule has 2 rings (SSSR count). The smallest absolute Gasteiger partial charge is 0.124 e. The zero-order valence-electron chi connectivity index (χ0n) is 14.4. The van der Waals surface area contributed by atoms with Gasteiger partial charge in [-0.15, -0.1) is 0 Å². The first-order valence-corrected chi connectivity index (χ1v) is 8.17. The summed E-state index contributed by atoms with van der Waals surface area (Å²) in [5, 5.41) is 0. The maximum absolute atomic E-state index is 6.23. The number of benzene rings is 1. The Bertz CT molecular complexity index is 488. The fraction of sp³-hybridized carbons (Fsp3) is 0.667. The number of hydrogen-bond donors (Lipinski definition) is 1. The van der Waals surface area contributed by atoms with E-state index in [4.69, 9.17) is 15.2 Å². The normalized spacial score (nSPS) is 21.8. The minimum Gasteiger partial charge on any atom is -0.496 e. The third-order valence-corrected chi connectivity index (χ3v) is 4.60. The molecule has 1 heterocycles. The second-order valence-electron chi connectivity index (χ2n) is 6.88. The monoisotopic (exact) mass is 306 g/mol. The van der Waals surface area contributed by atoms with Gasteiger partial charge in [0.25, 0.3) is 0 Å². The van der Waals surface area contributed by atoms with Gasteiger partial charge in [0.2, 0.25) is 0 Å². The predicted molar refractivity (Wildman–Crippen MR) is 90.0 cm³/mol. The summed E-state index contributed by atoms with van der Waals surface area (Å²) in [6.07, 6.45) is 1.06. The number of nitrogens with zero attached hydrogens (tertiary/aromatic N) is 1. The minimum absolute atomic E-state index is 0.179. The maximum Gasteiger partial charge on any atom is 0.124 e. The highest BCUT2D eigenvalue weighted by Gasteiger charge is 2.33. The van der Waals surface area contributed by atoms with Gasteiger partial charge in [-0.1, -0.05) is 19.9 Å². The van der Waals surface area contributed by atoms with E-state index >= 15 is 0 Å². The Labute approximate surface area is 134 Å². The number of rotatable bonds is 6. The van der Waals surface area contributed by atoms with Gasteiger partial charge in [-0.3, -0.25) is 4.90 Å². The Morgan fingerprint density at radius 1 is 1.36 bits per heavy atom. The first kappa shape index (κ1) is 17.3. The summed E-state index contributed by atoms with van der Waals surface area (Å²) in [7, 11) is 1.71. The molecule has 2 N–H and O–H groups in total. The lowest BCUT2D eigenvalue weighted by atomic mass is 9.79. The number of hydrogen-bond acceptors (Lipinski definition) is 4. The molecule has 1 aromatic rings. The molecule has 1 aliphatic heterocycles. The zero-order valence-corrected chi connectivity index (χ0v) is 14.4.